The molecule has 1 aromatic carbocycles. The van der Waals surface area contributed by atoms with Crippen LogP contribution in [0.3, 0.4) is 0 Å². The SMILES string of the molecule is COCOC(=O)OCc1ccccc1C. The highest BCUT2D eigenvalue weighted by molar-refractivity contribution is 5.59. The highest BCUT2D eigenvalue weighted by Gasteiger charge is 2.04. The van der Waals surface area contributed by atoms with Crippen molar-refractivity contribution in [1.82, 2.24) is 0 Å². The topological polar surface area (TPSA) is 44.8 Å². The minimum Gasteiger partial charge on any atom is -0.429 e. The Bertz CT molecular complexity index is 322. The van der Waals surface area contributed by atoms with Crippen LogP contribution in [0.4, 0.5) is 4.79 Å². The quantitative estimate of drug-likeness (QED) is 0.564. The predicted octanol–water partition coefficient (Wildman–Crippen LogP) is 2.25. The van der Waals surface area contributed by atoms with Gasteiger partial charge in [0.2, 0.25) is 0 Å². The Hall–Kier alpha value is -1.55. The highest BCUT2D eigenvalue weighted by Crippen LogP contribution is 2.08. The fourth-order valence-electron chi connectivity index (χ4n) is 1.06. The summed E-state index contributed by atoms with van der Waals surface area (Å²) < 4.78 is 14.0. The van der Waals surface area contributed by atoms with Gasteiger partial charge in [0.1, 0.15) is 6.61 Å². The Morgan fingerprint density at radius 3 is 2.67 bits per heavy atom. The van der Waals surface area contributed by atoms with Gasteiger partial charge >= 0.3 is 6.16 Å². The largest absolute Gasteiger partial charge is 0.510 e. The fraction of sp³-hybridized carbons (Fsp3) is 0.364. The molecule has 4 nitrogen and oxygen atoms in total. The maximum atomic E-state index is 11.0. The van der Waals surface area contributed by atoms with Crippen LogP contribution >= 0.6 is 0 Å². The number of hydrogen-bond donors (Lipinski definition) is 0. The Morgan fingerprint density at radius 1 is 1.27 bits per heavy atom. The summed E-state index contributed by atoms with van der Waals surface area (Å²) in [6.07, 6.45) is -0.722. The van der Waals surface area contributed by atoms with Gasteiger partial charge in [-0.15, -0.1) is 0 Å². The highest BCUT2D eigenvalue weighted by atomic mass is 16.8. The summed E-state index contributed by atoms with van der Waals surface area (Å²) in [6.45, 7) is 2.08. The van der Waals surface area contributed by atoms with E-state index in [1.54, 1.807) is 0 Å². The number of rotatable bonds is 4. The van der Waals surface area contributed by atoms with Crippen LogP contribution in [0.15, 0.2) is 24.3 Å². The van der Waals surface area contributed by atoms with E-state index < -0.39 is 6.16 Å². The molecule has 0 bridgehead atoms. The number of ether oxygens (including phenoxy) is 3. The zero-order chi connectivity index (χ0) is 11.1. The van der Waals surface area contributed by atoms with Gasteiger partial charge in [0.25, 0.3) is 0 Å². The molecule has 0 aromatic heterocycles. The van der Waals surface area contributed by atoms with Crippen molar-refractivity contribution < 1.29 is 19.0 Å². The van der Waals surface area contributed by atoms with E-state index in [1.165, 1.54) is 7.11 Å². The van der Waals surface area contributed by atoms with Gasteiger partial charge in [-0.25, -0.2) is 4.79 Å². The second kappa shape index (κ2) is 6.03. The number of aryl methyl sites for hydroxylation is 1. The van der Waals surface area contributed by atoms with Gasteiger partial charge in [-0.2, -0.15) is 0 Å². The summed E-state index contributed by atoms with van der Waals surface area (Å²) in [5, 5.41) is 0. The van der Waals surface area contributed by atoms with E-state index in [0.717, 1.165) is 11.1 Å². The number of carbonyl (C=O) groups excluding carboxylic acids is 1. The Balaban J connectivity index is 2.37. The lowest BCUT2D eigenvalue weighted by Gasteiger charge is -2.07. The molecular formula is C11H14O4. The third kappa shape index (κ3) is 3.99. The third-order valence-corrected chi connectivity index (χ3v) is 1.90. The summed E-state index contributed by atoms with van der Waals surface area (Å²) in [5.74, 6) is 0. The Labute approximate surface area is 88.8 Å². The molecule has 4 heteroatoms. The average Bonchev–Trinajstić information content (AvgIpc) is 2.25. The number of carbonyl (C=O) groups is 1. The van der Waals surface area contributed by atoms with Crippen molar-refractivity contribution in [2.75, 3.05) is 13.9 Å². The first-order chi connectivity index (χ1) is 7.24. The first-order valence-electron chi connectivity index (χ1n) is 4.57. The molecule has 1 aromatic rings. The first kappa shape index (κ1) is 11.5. The molecule has 0 heterocycles. The van der Waals surface area contributed by atoms with E-state index >= 15 is 0 Å². The average molecular weight is 210 g/mol. The molecule has 0 spiro atoms. The van der Waals surface area contributed by atoms with Crippen LogP contribution in [-0.2, 0) is 20.8 Å². The molecule has 0 saturated carbocycles. The van der Waals surface area contributed by atoms with Crippen LogP contribution in [-0.4, -0.2) is 20.1 Å². The van der Waals surface area contributed by atoms with Crippen LogP contribution in [0.1, 0.15) is 11.1 Å². The van der Waals surface area contributed by atoms with Crippen LogP contribution in [0.2, 0.25) is 0 Å². The van der Waals surface area contributed by atoms with Crippen LogP contribution in [0.25, 0.3) is 0 Å². The Morgan fingerprint density at radius 2 is 2.00 bits per heavy atom. The van der Waals surface area contributed by atoms with E-state index in [1.807, 2.05) is 31.2 Å². The summed E-state index contributed by atoms with van der Waals surface area (Å²) in [5.41, 5.74) is 2.05. The molecule has 0 atom stereocenters. The third-order valence-electron chi connectivity index (χ3n) is 1.90. The van der Waals surface area contributed by atoms with Crippen molar-refractivity contribution in [2.24, 2.45) is 0 Å². The standard InChI is InChI=1S/C11H14O4/c1-9-5-3-4-6-10(9)7-14-11(12)15-8-13-2/h3-6H,7-8H2,1-2H3. The van der Waals surface area contributed by atoms with Crippen LogP contribution in [0.5, 0.6) is 0 Å². The molecular weight excluding hydrogens is 196 g/mol. The second-order valence-corrected chi connectivity index (χ2v) is 3.02. The van der Waals surface area contributed by atoms with Gasteiger partial charge in [0.05, 0.1) is 0 Å². The summed E-state index contributed by atoms with van der Waals surface area (Å²) >= 11 is 0. The monoisotopic (exact) mass is 210 g/mol. The normalized spacial score (nSPS) is 9.73. The van der Waals surface area contributed by atoms with Gasteiger partial charge in [-0.1, -0.05) is 24.3 Å². The number of methoxy groups -OCH3 is 1. The van der Waals surface area contributed by atoms with Crippen molar-refractivity contribution >= 4 is 6.16 Å². The fourth-order valence-corrected chi connectivity index (χ4v) is 1.06. The van der Waals surface area contributed by atoms with Gasteiger partial charge in [-0.05, 0) is 18.1 Å². The van der Waals surface area contributed by atoms with Crippen LogP contribution in [0, 0.1) is 6.92 Å². The van der Waals surface area contributed by atoms with Crippen molar-refractivity contribution in [3.63, 3.8) is 0 Å². The first-order valence-corrected chi connectivity index (χ1v) is 4.57. The van der Waals surface area contributed by atoms with Crippen molar-refractivity contribution in [3.05, 3.63) is 35.4 Å². The molecule has 0 unspecified atom stereocenters. The molecule has 0 N–H and O–H groups in total. The molecule has 0 fully saturated rings. The van der Waals surface area contributed by atoms with Crippen molar-refractivity contribution in [2.45, 2.75) is 13.5 Å². The minimum absolute atomic E-state index is 0.0907. The molecule has 0 aliphatic heterocycles. The molecule has 0 saturated heterocycles. The Kier molecular flexibility index (Phi) is 4.63. The molecule has 0 radical (unpaired) electrons. The van der Waals surface area contributed by atoms with Crippen molar-refractivity contribution in [3.8, 4) is 0 Å². The summed E-state index contributed by atoms with van der Waals surface area (Å²) in [6, 6.07) is 7.69. The lowest BCUT2D eigenvalue weighted by Crippen LogP contribution is -2.09. The van der Waals surface area contributed by atoms with E-state index in [4.69, 9.17) is 4.74 Å². The predicted molar refractivity (Wildman–Crippen MR) is 54.3 cm³/mol. The molecule has 82 valence electrons. The lowest BCUT2D eigenvalue weighted by molar-refractivity contribution is -0.0286. The number of hydrogen-bond acceptors (Lipinski definition) is 4. The smallest absolute Gasteiger partial charge is 0.429 e. The zero-order valence-corrected chi connectivity index (χ0v) is 8.86. The molecule has 0 aliphatic carbocycles. The summed E-state index contributed by atoms with van der Waals surface area (Å²) in [7, 11) is 1.44. The zero-order valence-electron chi connectivity index (χ0n) is 8.86. The van der Waals surface area contributed by atoms with E-state index in [0.29, 0.717) is 0 Å². The molecule has 0 aliphatic rings. The minimum atomic E-state index is -0.722. The van der Waals surface area contributed by atoms with Gasteiger partial charge in [-0.3, -0.25) is 0 Å². The van der Waals surface area contributed by atoms with Gasteiger partial charge in [0, 0.05) is 7.11 Å². The van der Waals surface area contributed by atoms with E-state index in [-0.39, 0.29) is 13.4 Å². The van der Waals surface area contributed by atoms with E-state index in [9.17, 15) is 4.79 Å². The van der Waals surface area contributed by atoms with Gasteiger partial charge < -0.3 is 14.2 Å². The van der Waals surface area contributed by atoms with Crippen molar-refractivity contribution in [1.29, 1.82) is 0 Å². The lowest BCUT2D eigenvalue weighted by atomic mass is 10.1. The maximum absolute atomic E-state index is 11.0. The summed E-state index contributed by atoms with van der Waals surface area (Å²) in [4.78, 5) is 11.0. The van der Waals surface area contributed by atoms with Crippen LogP contribution < -0.4 is 0 Å². The second-order valence-electron chi connectivity index (χ2n) is 3.02. The maximum Gasteiger partial charge on any atom is 0.510 e. The number of benzene rings is 1. The molecule has 1 rings (SSSR count). The van der Waals surface area contributed by atoms with Gasteiger partial charge in [0.15, 0.2) is 6.79 Å². The molecule has 15 heavy (non-hydrogen) atoms. The van der Waals surface area contributed by atoms with E-state index in [2.05, 4.69) is 9.47 Å². The molecule has 0 amide bonds.